The molecular weight excluding hydrogens is 457 g/mol. The zero-order chi connectivity index (χ0) is 25.0. The van der Waals surface area contributed by atoms with E-state index in [0.717, 1.165) is 30.4 Å². The molecule has 2 atom stereocenters. The Bertz CT molecular complexity index is 1030. The van der Waals surface area contributed by atoms with E-state index in [4.69, 9.17) is 0 Å². The summed E-state index contributed by atoms with van der Waals surface area (Å²) >= 11 is 0. The molecule has 0 N–H and O–H groups in total. The van der Waals surface area contributed by atoms with E-state index in [1.54, 1.807) is 22.2 Å². The van der Waals surface area contributed by atoms with Gasteiger partial charge in [-0.05, 0) is 48.6 Å². The summed E-state index contributed by atoms with van der Waals surface area (Å²) in [6.07, 6.45) is -0.0965. The summed E-state index contributed by atoms with van der Waals surface area (Å²) in [5, 5.41) is 0. The van der Waals surface area contributed by atoms with Gasteiger partial charge in [-0.25, -0.2) is 0 Å². The van der Waals surface area contributed by atoms with Crippen molar-refractivity contribution in [1.82, 2.24) is 14.8 Å². The van der Waals surface area contributed by atoms with Crippen LogP contribution < -0.4 is 4.90 Å². The minimum atomic E-state index is -4.39. The Hall–Kier alpha value is -2.94. The van der Waals surface area contributed by atoms with Crippen molar-refractivity contribution in [1.29, 1.82) is 0 Å². The monoisotopic (exact) mass is 488 g/mol. The summed E-state index contributed by atoms with van der Waals surface area (Å²) in [5.41, 5.74) is 2.57. The van der Waals surface area contributed by atoms with E-state index in [1.807, 2.05) is 36.4 Å². The van der Waals surface area contributed by atoms with Crippen LogP contribution in [0.1, 0.15) is 50.2 Å². The molecule has 3 heterocycles. The molecule has 1 saturated heterocycles. The van der Waals surface area contributed by atoms with Gasteiger partial charge in [-0.2, -0.15) is 13.2 Å². The molecule has 2 aliphatic heterocycles. The Balaban J connectivity index is 1.67. The number of amides is 2. The van der Waals surface area contributed by atoms with Crippen LogP contribution in [0.5, 0.6) is 0 Å². The van der Waals surface area contributed by atoms with Gasteiger partial charge in [0.25, 0.3) is 0 Å². The van der Waals surface area contributed by atoms with Crippen LogP contribution in [0.3, 0.4) is 0 Å². The average Bonchev–Trinajstić information content (AvgIpc) is 3.17. The molecule has 0 aliphatic carbocycles. The van der Waals surface area contributed by atoms with Crippen LogP contribution in [-0.4, -0.2) is 57.9 Å². The molecule has 2 aliphatic rings. The highest BCUT2D eigenvalue weighted by Gasteiger charge is 2.37. The van der Waals surface area contributed by atoms with Crippen molar-refractivity contribution in [2.45, 2.75) is 70.4 Å². The standard InChI is InChI=1S/C26H31F3N4O2/c1-19(34)32-15-11-22-6-7-23(33(22)16-20-9-13-30-14-10-20)18-31(25(35)8-12-26(27,28)29)17-21-4-2-3-5-24(21)32/h2-5,9-10,13-14,22-23H,6-8,11-12,15-18H2,1H3. The fourth-order valence-electron chi connectivity index (χ4n) is 5.23. The number of anilines is 1. The second-order valence-electron chi connectivity index (χ2n) is 9.39. The molecule has 1 fully saturated rings. The van der Waals surface area contributed by atoms with E-state index in [2.05, 4.69) is 9.88 Å². The topological polar surface area (TPSA) is 56.8 Å². The first-order valence-corrected chi connectivity index (χ1v) is 12.1. The molecule has 2 unspecified atom stereocenters. The van der Waals surface area contributed by atoms with Crippen LogP contribution in [0.2, 0.25) is 0 Å². The second-order valence-corrected chi connectivity index (χ2v) is 9.39. The van der Waals surface area contributed by atoms with Gasteiger partial charge in [0.2, 0.25) is 11.8 Å². The number of pyridine rings is 1. The Morgan fingerprint density at radius 3 is 2.46 bits per heavy atom. The molecule has 2 bridgehead atoms. The molecule has 2 aromatic rings. The first kappa shape index (κ1) is 25.2. The molecule has 35 heavy (non-hydrogen) atoms. The highest BCUT2D eigenvalue weighted by atomic mass is 19.4. The third kappa shape index (κ3) is 6.39. The lowest BCUT2D eigenvalue weighted by Crippen LogP contribution is -2.45. The number of nitrogens with zero attached hydrogens (tertiary/aromatic N) is 4. The Labute approximate surface area is 203 Å². The van der Waals surface area contributed by atoms with Gasteiger partial charge in [0.1, 0.15) is 0 Å². The number of benzene rings is 1. The van der Waals surface area contributed by atoms with Crippen LogP contribution in [0.4, 0.5) is 18.9 Å². The van der Waals surface area contributed by atoms with Gasteiger partial charge in [-0.15, -0.1) is 0 Å². The largest absolute Gasteiger partial charge is 0.389 e. The first-order valence-electron chi connectivity index (χ1n) is 12.1. The van der Waals surface area contributed by atoms with Crippen LogP contribution >= 0.6 is 0 Å². The van der Waals surface area contributed by atoms with E-state index in [0.29, 0.717) is 25.3 Å². The summed E-state index contributed by atoms with van der Waals surface area (Å²) in [6.45, 7) is 3.25. The van der Waals surface area contributed by atoms with Crippen molar-refractivity contribution in [2.75, 3.05) is 18.0 Å². The molecule has 0 radical (unpaired) electrons. The van der Waals surface area contributed by atoms with Crippen LogP contribution in [0.25, 0.3) is 0 Å². The highest BCUT2D eigenvalue weighted by Crippen LogP contribution is 2.33. The Morgan fingerprint density at radius 2 is 1.74 bits per heavy atom. The number of halogens is 3. The lowest BCUT2D eigenvalue weighted by Gasteiger charge is -2.34. The summed E-state index contributed by atoms with van der Waals surface area (Å²) < 4.78 is 38.7. The van der Waals surface area contributed by atoms with Crippen LogP contribution in [0, 0.1) is 0 Å². The fraction of sp³-hybridized carbons (Fsp3) is 0.500. The van der Waals surface area contributed by atoms with E-state index in [-0.39, 0.29) is 24.5 Å². The summed E-state index contributed by atoms with van der Waals surface area (Å²) in [6, 6.07) is 11.5. The van der Waals surface area contributed by atoms with Crippen molar-refractivity contribution < 1.29 is 22.8 Å². The maximum Gasteiger partial charge on any atom is 0.389 e. The molecule has 188 valence electrons. The summed E-state index contributed by atoms with van der Waals surface area (Å²) in [7, 11) is 0. The van der Waals surface area contributed by atoms with Crippen molar-refractivity contribution in [3.63, 3.8) is 0 Å². The van der Waals surface area contributed by atoms with Crippen molar-refractivity contribution in [3.8, 4) is 0 Å². The van der Waals surface area contributed by atoms with Crippen molar-refractivity contribution in [3.05, 3.63) is 59.9 Å². The quantitative estimate of drug-likeness (QED) is 0.634. The van der Waals surface area contributed by atoms with E-state index >= 15 is 0 Å². The number of carbonyl (C=O) groups is 2. The van der Waals surface area contributed by atoms with Gasteiger partial charge >= 0.3 is 6.18 Å². The molecular formula is C26H31F3N4O2. The molecule has 9 heteroatoms. The maximum absolute atomic E-state index is 13.1. The average molecular weight is 489 g/mol. The van der Waals surface area contributed by atoms with Crippen LogP contribution in [-0.2, 0) is 22.7 Å². The number of fused-ring (bicyclic) bond motifs is 3. The molecule has 1 aromatic carbocycles. The molecule has 4 rings (SSSR count). The molecule has 1 aromatic heterocycles. The molecule has 0 spiro atoms. The molecule has 6 nitrogen and oxygen atoms in total. The third-order valence-corrected chi connectivity index (χ3v) is 7.00. The fourth-order valence-corrected chi connectivity index (χ4v) is 5.23. The highest BCUT2D eigenvalue weighted by molar-refractivity contribution is 5.92. The predicted octanol–water partition coefficient (Wildman–Crippen LogP) is 4.54. The lowest BCUT2D eigenvalue weighted by molar-refractivity contribution is -0.149. The number of hydrogen-bond acceptors (Lipinski definition) is 4. The van der Waals surface area contributed by atoms with Crippen LogP contribution in [0.15, 0.2) is 48.8 Å². The second kappa shape index (κ2) is 10.8. The van der Waals surface area contributed by atoms with Crippen molar-refractivity contribution in [2.24, 2.45) is 0 Å². The number of hydrogen-bond donors (Lipinski definition) is 0. The van der Waals surface area contributed by atoms with Gasteiger partial charge in [0.15, 0.2) is 0 Å². The minimum Gasteiger partial charge on any atom is -0.337 e. The maximum atomic E-state index is 13.1. The van der Waals surface area contributed by atoms with Gasteiger partial charge in [-0.3, -0.25) is 19.5 Å². The van der Waals surface area contributed by atoms with Gasteiger partial charge in [0, 0.05) is 69.7 Å². The smallest absolute Gasteiger partial charge is 0.337 e. The van der Waals surface area contributed by atoms with E-state index in [9.17, 15) is 22.8 Å². The predicted molar refractivity (Wildman–Crippen MR) is 126 cm³/mol. The van der Waals surface area contributed by atoms with E-state index in [1.165, 1.54) is 6.92 Å². The lowest BCUT2D eigenvalue weighted by atomic mass is 10.1. The van der Waals surface area contributed by atoms with Gasteiger partial charge < -0.3 is 9.80 Å². The first-order chi connectivity index (χ1) is 16.7. The zero-order valence-corrected chi connectivity index (χ0v) is 19.9. The van der Waals surface area contributed by atoms with Crippen molar-refractivity contribution >= 4 is 17.5 Å². The normalized spacial score (nSPS) is 21.4. The number of carbonyl (C=O) groups excluding carboxylic acids is 2. The summed E-state index contributed by atoms with van der Waals surface area (Å²) in [5.74, 6) is -0.611. The Morgan fingerprint density at radius 1 is 1.03 bits per heavy atom. The number of rotatable bonds is 4. The molecule has 2 amide bonds. The van der Waals surface area contributed by atoms with Gasteiger partial charge in [-0.1, -0.05) is 18.2 Å². The number of para-hydroxylation sites is 1. The van der Waals surface area contributed by atoms with E-state index < -0.39 is 24.9 Å². The zero-order valence-electron chi connectivity index (χ0n) is 19.9. The summed E-state index contributed by atoms with van der Waals surface area (Å²) in [4.78, 5) is 35.4. The number of aromatic nitrogens is 1. The molecule has 0 saturated carbocycles. The minimum absolute atomic E-state index is 0.0269. The number of alkyl halides is 3. The SMILES string of the molecule is CC(=O)N1CCC2CCC(CN(C(=O)CCC(F)(F)F)Cc3ccccc31)N2Cc1ccncc1. The van der Waals surface area contributed by atoms with Gasteiger partial charge in [0.05, 0.1) is 6.42 Å². The third-order valence-electron chi connectivity index (χ3n) is 7.00. The Kier molecular flexibility index (Phi) is 7.74.